The molecule has 0 N–H and O–H groups in total. The number of hydrogen-bond acceptors (Lipinski definition) is 5. The van der Waals surface area contributed by atoms with E-state index in [0.29, 0.717) is 31.1 Å². The molecule has 0 radical (unpaired) electrons. The Balaban J connectivity index is 1.84. The average Bonchev–Trinajstić information content (AvgIpc) is 2.67. The molecule has 0 amide bonds. The normalized spacial score (nSPS) is 18.6. The molecule has 0 spiro atoms. The van der Waals surface area contributed by atoms with E-state index in [2.05, 4.69) is 4.90 Å². The van der Waals surface area contributed by atoms with E-state index in [1.54, 1.807) is 18.2 Å². The second-order valence-electron chi connectivity index (χ2n) is 6.26. The van der Waals surface area contributed by atoms with Crippen LogP contribution in [0.4, 0.5) is 5.69 Å². The lowest BCUT2D eigenvalue weighted by Crippen LogP contribution is -2.53. The van der Waals surface area contributed by atoms with Gasteiger partial charge in [-0.1, -0.05) is 18.2 Å². The van der Waals surface area contributed by atoms with Crippen molar-refractivity contribution in [3.8, 4) is 11.5 Å². The summed E-state index contributed by atoms with van der Waals surface area (Å²) in [5.41, 5.74) is 1.11. The van der Waals surface area contributed by atoms with Gasteiger partial charge in [0.1, 0.15) is 16.4 Å². The number of ether oxygens (including phenoxy) is 2. The van der Waals surface area contributed by atoms with Crippen molar-refractivity contribution in [2.75, 3.05) is 38.8 Å². The van der Waals surface area contributed by atoms with E-state index in [4.69, 9.17) is 9.47 Å². The van der Waals surface area contributed by atoms with Crippen molar-refractivity contribution in [3.63, 3.8) is 0 Å². The van der Waals surface area contributed by atoms with Gasteiger partial charge >= 0.3 is 0 Å². The molecule has 2 aromatic rings. The summed E-state index contributed by atoms with van der Waals surface area (Å²) in [5.74, 6) is 0.852. The van der Waals surface area contributed by atoms with Gasteiger partial charge in [-0.2, -0.15) is 4.31 Å². The van der Waals surface area contributed by atoms with Gasteiger partial charge in [-0.05, 0) is 31.2 Å². The first-order chi connectivity index (χ1) is 12.5. The van der Waals surface area contributed by atoms with Gasteiger partial charge in [0.2, 0.25) is 10.0 Å². The molecular formula is C19H24N2O4S. The van der Waals surface area contributed by atoms with Crippen LogP contribution in [-0.4, -0.2) is 52.6 Å². The molecule has 1 atom stereocenters. The lowest BCUT2D eigenvalue weighted by molar-refractivity contribution is 0.338. The molecule has 0 aliphatic carbocycles. The minimum absolute atomic E-state index is 0.0742. The number of rotatable bonds is 5. The van der Waals surface area contributed by atoms with Gasteiger partial charge in [0.05, 0.1) is 14.2 Å². The highest BCUT2D eigenvalue weighted by molar-refractivity contribution is 7.89. The highest BCUT2D eigenvalue weighted by atomic mass is 32.2. The number of methoxy groups -OCH3 is 2. The van der Waals surface area contributed by atoms with Gasteiger partial charge in [0.15, 0.2) is 0 Å². The Kier molecular flexibility index (Phi) is 5.38. The lowest BCUT2D eigenvalue weighted by Gasteiger charge is -2.40. The molecule has 2 aromatic carbocycles. The van der Waals surface area contributed by atoms with Crippen LogP contribution in [0, 0.1) is 0 Å². The van der Waals surface area contributed by atoms with E-state index in [0.717, 1.165) is 5.69 Å². The minimum Gasteiger partial charge on any atom is -0.497 e. The van der Waals surface area contributed by atoms with Crippen LogP contribution in [0.2, 0.25) is 0 Å². The summed E-state index contributed by atoms with van der Waals surface area (Å²) in [4.78, 5) is 2.40. The number of benzene rings is 2. The Hall–Kier alpha value is -2.25. The second kappa shape index (κ2) is 7.55. The molecule has 7 heteroatoms. The Bertz CT molecular complexity index is 855. The van der Waals surface area contributed by atoms with Crippen molar-refractivity contribution < 1.29 is 17.9 Å². The quantitative estimate of drug-likeness (QED) is 0.803. The van der Waals surface area contributed by atoms with Crippen molar-refractivity contribution in [3.05, 3.63) is 48.5 Å². The molecule has 1 fully saturated rings. The zero-order valence-corrected chi connectivity index (χ0v) is 16.1. The van der Waals surface area contributed by atoms with Gasteiger partial charge in [0.25, 0.3) is 0 Å². The Morgan fingerprint density at radius 1 is 1.00 bits per heavy atom. The predicted octanol–water partition coefficient (Wildman–Crippen LogP) is 2.60. The van der Waals surface area contributed by atoms with Gasteiger partial charge in [-0.25, -0.2) is 8.42 Å². The van der Waals surface area contributed by atoms with Gasteiger partial charge in [-0.3, -0.25) is 0 Å². The van der Waals surface area contributed by atoms with Crippen LogP contribution in [0.3, 0.4) is 0 Å². The summed E-state index contributed by atoms with van der Waals surface area (Å²) in [5, 5.41) is 0. The Labute approximate surface area is 155 Å². The molecule has 26 heavy (non-hydrogen) atoms. The number of para-hydroxylation sites is 1. The molecule has 1 heterocycles. The van der Waals surface area contributed by atoms with Crippen molar-refractivity contribution >= 4 is 15.7 Å². The first-order valence-corrected chi connectivity index (χ1v) is 9.95. The fraction of sp³-hybridized carbons (Fsp3) is 0.368. The molecule has 140 valence electrons. The SMILES string of the molecule is COc1ccc(S(=O)(=O)N2CCN(c3ccccc3)C(C)C2)c(OC)c1. The number of anilines is 1. The van der Waals surface area contributed by atoms with Crippen molar-refractivity contribution in [2.45, 2.75) is 17.9 Å². The van der Waals surface area contributed by atoms with Crippen LogP contribution < -0.4 is 14.4 Å². The van der Waals surface area contributed by atoms with Gasteiger partial charge in [-0.15, -0.1) is 0 Å². The third-order valence-electron chi connectivity index (χ3n) is 4.67. The zero-order valence-electron chi connectivity index (χ0n) is 15.3. The van der Waals surface area contributed by atoms with E-state index in [1.807, 2.05) is 37.3 Å². The summed E-state index contributed by atoms with van der Waals surface area (Å²) >= 11 is 0. The van der Waals surface area contributed by atoms with Crippen molar-refractivity contribution in [1.29, 1.82) is 0 Å². The fourth-order valence-corrected chi connectivity index (χ4v) is 4.92. The molecule has 0 aromatic heterocycles. The molecule has 0 bridgehead atoms. The summed E-state index contributed by atoms with van der Waals surface area (Å²) in [6.45, 7) is 3.53. The molecule has 1 unspecified atom stereocenters. The summed E-state index contributed by atoms with van der Waals surface area (Å²) in [6.07, 6.45) is 0. The number of hydrogen-bond donors (Lipinski definition) is 0. The van der Waals surface area contributed by atoms with Crippen LogP contribution in [0.5, 0.6) is 11.5 Å². The third kappa shape index (κ3) is 3.50. The standard InChI is InChI=1S/C19H24N2O4S/c1-15-14-20(11-12-21(15)16-7-5-4-6-8-16)26(22,23)19-10-9-17(24-2)13-18(19)25-3/h4-10,13,15H,11-12,14H2,1-3H3. The van der Waals surface area contributed by atoms with E-state index < -0.39 is 10.0 Å². The molecule has 1 aliphatic rings. The van der Waals surface area contributed by atoms with Gasteiger partial charge < -0.3 is 14.4 Å². The Morgan fingerprint density at radius 2 is 1.73 bits per heavy atom. The predicted molar refractivity (Wildman–Crippen MR) is 102 cm³/mol. The molecular weight excluding hydrogens is 352 g/mol. The number of sulfonamides is 1. The number of piperazine rings is 1. The van der Waals surface area contributed by atoms with Gasteiger partial charge in [0, 0.05) is 37.4 Å². The zero-order chi connectivity index (χ0) is 18.7. The molecule has 3 rings (SSSR count). The van der Waals surface area contributed by atoms with Crippen LogP contribution >= 0.6 is 0 Å². The second-order valence-corrected chi connectivity index (χ2v) is 8.16. The summed E-state index contributed by atoms with van der Waals surface area (Å²) < 4.78 is 38.3. The Morgan fingerprint density at radius 3 is 2.35 bits per heavy atom. The maximum atomic E-state index is 13.1. The van der Waals surface area contributed by atoms with Crippen molar-refractivity contribution in [2.24, 2.45) is 0 Å². The largest absolute Gasteiger partial charge is 0.497 e. The smallest absolute Gasteiger partial charge is 0.246 e. The van der Waals surface area contributed by atoms with Crippen LogP contribution in [-0.2, 0) is 10.0 Å². The minimum atomic E-state index is -3.64. The highest BCUT2D eigenvalue weighted by Crippen LogP contribution is 2.32. The molecule has 1 aliphatic heterocycles. The first kappa shape index (κ1) is 18.5. The average molecular weight is 376 g/mol. The third-order valence-corrected chi connectivity index (χ3v) is 6.57. The van der Waals surface area contributed by atoms with E-state index in [9.17, 15) is 8.42 Å². The van der Waals surface area contributed by atoms with E-state index in [1.165, 1.54) is 18.5 Å². The van der Waals surface area contributed by atoms with Crippen LogP contribution in [0.25, 0.3) is 0 Å². The first-order valence-electron chi connectivity index (χ1n) is 8.51. The monoisotopic (exact) mass is 376 g/mol. The molecule has 0 saturated carbocycles. The topological polar surface area (TPSA) is 59.1 Å². The maximum absolute atomic E-state index is 13.1. The number of nitrogens with zero attached hydrogens (tertiary/aromatic N) is 2. The maximum Gasteiger partial charge on any atom is 0.246 e. The van der Waals surface area contributed by atoms with Crippen molar-refractivity contribution in [1.82, 2.24) is 4.31 Å². The van der Waals surface area contributed by atoms with Crippen LogP contribution in [0.1, 0.15) is 6.92 Å². The van der Waals surface area contributed by atoms with Crippen LogP contribution in [0.15, 0.2) is 53.4 Å². The van der Waals surface area contributed by atoms with E-state index in [-0.39, 0.29) is 10.9 Å². The van der Waals surface area contributed by atoms with E-state index >= 15 is 0 Å². The molecule has 6 nitrogen and oxygen atoms in total. The fourth-order valence-electron chi connectivity index (χ4n) is 3.27. The molecule has 1 saturated heterocycles. The lowest BCUT2D eigenvalue weighted by atomic mass is 10.2. The summed E-state index contributed by atoms with van der Waals surface area (Å²) in [7, 11) is -0.645. The highest BCUT2D eigenvalue weighted by Gasteiger charge is 2.34. The summed E-state index contributed by atoms with van der Waals surface area (Å²) in [6, 6.07) is 14.9.